The first-order valence-electron chi connectivity index (χ1n) is 6.98. The second-order valence-electron chi connectivity index (χ2n) is 6.05. The molecule has 1 heterocycles. The van der Waals surface area contributed by atoms with Gasteiger partial charge < -0.3 is 10.0 Å². The summed E-state index contributed by atoms with van der Waals surface area (Å²) >= 11 is 0. The van der Waals surface area contributed by atoms with Gasteiger partial charge in [0.15, 0.2) is 0 Å². The molecule has 0 spiro atoms. The van der Waals surface area contributed by atoms with E-state index in [1.54, 1.807) is 18.7 Å². The van der Waals surface area contributed by atoms with E-state index in [9.17, 15) is 9.59 Å². The van der Waals surface area contributed by atoms with Crippen LogP contribution in [0.2, 0.25) is 0 Å². The normalized spacial score (nSPS) is 15.4. The monoisotopic (exact) mass is 275 g/mol. The fraction of sp³-hybridized carbons (Fsp3) is 0.500. The van der Waals surface area contributed by atoms with Crippen LogP contribution in [0.15, 0.2) is 24.3 Å². The Balaban J connectivity index is 2.10. The molecule has 0 radical (unpaired) electrons. The molecule has 0 aliphatic carbocycles. The van der Waals surface area contributed by atoms with E-state index >= 15 is 0 Å². The van der Waals surface area contributed by atoms with Crippen LogP contribution in [0.25, 0.3) is 0 Å². The van der Waals surface area contributed by atoms with Gasteiger partial charge in [-0.3, -0.25) is 9.59 Å². The summed E-state index contributed by atoms with van der Waals surface area (Å²) < 4.78 is 0. The Morgan fingerprint density at radius 3 is 2.55 bits per heavy atom. The van der Waals surface area contributed by atoms with Crippen LogP contribution in [-0.2, 0) is 22.6 Å². The van der Waals surface area contributed by atoms with Gasteiger partial charge in [-0.2, -0.15) is 0 Å². The molecule has 1 aliphatic rings. The van der Waals surface area contributed by atoms with Gasteiger partial charge in [0.05, 0.1) is 5.41 Å². The topological polar surface area (TPSA) is 57.6 Å². The van der Waals surface area contributed by atoms with E-state index in [0.29, 0.717) is 13.1 Å². The molecule has 0 fully saturated rings. The molecular formula is C16H21NO3. The summed E-state index contributed by atoms with van der Waals surface area (Å²) in [4.78, 5) is 25.3. The van der Waals surface area contributed by atoms with Crippen molar-refractivity contribution in [3.63, 3.8) is 0 Å². The van der Waals surface area contributed by atoms with Crippen molar-refractivity contribution in [3.8, 4) is 0 Å². The number of benzene rings is 1. The van der Waals surface area contributed by atoms with E-state index in [2.05, 4.69) is 6.07 Å². The van der Waals surface area contributed by atoms with Crippen molar-refractivity contribution in [2.24, 2.45) is 5.41 Å². The molecule has 0 saturated carbocycles. The maximum absolute atomic E-state index is 12.3. The fourth-order valence-corrected chi connectivity index (χ4v) is 2.48. The minimum Gasteiger partial charge on any atom is -0.481 e. The number of carboxylic acids is 1. The van der Waals surface area contributed by atoms with Gasteiger partial charge in [-0.05, 0) is 37.8 Å². The number of fused-ring (bicyclic) bond motifs is 1. The van der Waals surface area contributed by atoms with E-state index in [1.807, 2.05) is 18.2 Å². The first kappa shape index (κ1) is 14.6. The SMILES string of the molecule is CC(C)(CC(=O)N1CCCc2ccccc2C1)C(=O)O. The third kappa shape index (κ3) is 3.18. The molecule has 2 rings (SSSR count). The second-order valence-corrected chi connectivity index (χ2v) is 6.05. The molecular weight excluding hydrogens is 254 g/mol. The van der Waals surface area contributed by atoms with Crippen LogP contribution in [0.4, 0.5) is 0 Å². The Morgan fingerprint density at radius 2 is 1.90 bits per heavy atom. The summed E-state index contributed by atoms with van der Waals surface area (Å²) in [7, 11) is 0. The predicted octanol–water partition coefficient (Wildman–Crippen LogP) is 2.46. The zero-order valence-corrected chi connectivity index (χ0v) is 12.1. The Hall–Kier alpha value is -1.84. The number of aliphatic carboxylic acids is 1. The van der Waals surface area contributed by atoms with Crippen molar-refractivity contribution < 1.29 is 14.7 Å². The smallest absolute Gasteiger partial charge is 0.309 e. The minimum atomic E-state index is -1.01. The van der Waals surface area contributed by atoms with Crippen LogP contribution >= 0.6 is 0 Å². The largest absolute Gasteiger partial charge is 0.481 e. The van der Waals surface area contributed by atoms with Gasteiger partial charge in [0.1, 0.15) is 0 Å². The molecule has 0 atom stereocenters. The van der Waals surface area contributed by atoms with E-state index in [4.69, 9.17) is 5.11 Å². The number of rotatable bonds is 3. The van der Waals surface area contributed by atoms with Gasteiger partial charge in [0, 0.05) is 19.5 Å². The van der Waals surface area contributed by atoms with Crippen LogP contribution in [0, 0.1) is 5.41 Å². The quantitative estimate of drug-likeness (QED) is 0.922. The number of amides is 1. The molecule has 1 aliphatic heterocycles. The zero-order valence-electron chi connectivity index (χ0n) is 12.1. The molecule has 1 amide bonds. The Morgan fingerprint density at radius 1 is 1.25 bits per heavy atom. The highest BCUT2D eigenvalue weighted by atomic mass is 16.4. The Bertz CT molecular complexity index is 522. The van der Waals surface area contributed by atoms with Gasteiger partial charge in [0.2, 0.25) is 5.91 Å². The highest BCUT2D eigenvalue weighted by molar-refractivity contribution is 5.84. The number of hydrogen-bond donors (Lipinski definition) is 1. The van der Waals surface area contributed by atoms with Crippen molar-refractivity contribution >= 4 is 11.9 Å². The van der Waals surface area contributed by atoms with Gasteiger partial charge in [-0.25, -0.2) is 0 Å². The lowest BCUT2D eigenvalue weighted by atomic mass is 9.89. The number of carbonyl (C=O) groups is 2. The molecule has 1 N–H and O–H groups in total. The van der Waals surface area contributed by atoms with Crippen LogP contribution in [0.1, 0.15) is 37.8 Å². The molecule has 108 valence electrons. The summed E-state index contributed by atoms with van der Waals surface area (Å²) in [6.45, 7) is 4.48. The number of carbonyl (C=O) groups excluding carboxylic acids is 1. The zero-order chi connectivity index (χ0) is 14.8. The number of aryl methyl sites for hydroxylation is 1. The molecule has 0 aromatic heterocycles. The minimum absolute atomic E-state index is 0.0461. The van der Waals surface area contributed by atoms with Crippen LogP contribution in [0.5, 0.6) is 0 Å². The summed E-state index contributed by atoms with van der Waals surface area (Å²) in [6.07, 6.45) is 1.95. The van der Waals surface area contributed by atoms with Crippen molar-refractivity contribution in [1.82, 2.24) is 4.90 Å². The maximum Gasteiger partial charge on any atom is 0.309 e. The third-order valence-corrected chi connectivity index (χ3v) is 3.88. The van der Waals surface area contributed by atoms with Gasteiger partial charge in [0.25, 0.3) is 0 Å². The Labute approximate surface area is 119 Å². The molecule has 4 heteroatoms. The lowest BCUT2D eigenvalue weighted by Crippen LogP contribution is -2.36. The highest BCUT2D eigenvalue weighted by Gasteiger charge is 2.32. The standard InChI is InChI=1S/C16H21NO3/c1-16(2,15(19)20)10-14(18)17-9-5-8-12-6-3-4-7-13(12)11-17/h3-4,6-7H,5,8-11H2,1-2H3,(H,19,20). The summed E-state index contributed by atoms with van der Waals surface area (Å²) in [5.74, 6) is -1.00. The molecule has 1 aromatic carbocycles. The van der Waals surface area contributed by atoms with Crippen LogP contribution in [-0.4, -0.2) is 28.4 Å². The first-order chi connectivity index (χ1) is 9.40. The van der Waals surface area contributed by atoms with Crippen molar-refractivity contribution in [2.75, 3.05) is 6.54 Å². The van der Waals surface area contributed by atoms with Gasteiger partial charge in [-0.15, -0.1) is 0 Å². The van der Waals surface area contributed by atoms with E-state index in [-0.39, 0.29) is 12.3 Å². The van der Waals surface area contributed by atoms with E-state index in [1.165, 1.54) is 11.1 Å². The molecule has 0 bridgehead atoms. The first-order valence-corrected chi connectivity index (χ1v) is 6.98. The maximum atomic E-state index is 12.3. The number of carboxylic acid groups (broad SMARTS) is 1. The highest BCUT2D eigenvalue weighted by Crippen LogP contribution is 2.24. The predicted molar refractivity (Wildman–Crippen MR) is 76.2 cm³/mol. The van der Waals surface area contributed by atoms with Crippen molar-refractivity contribution in [2.45, 2.75) is 39.7 Å². The van der Waals surface area contributed by atoms with Crippen LogP contribution in [0.3, 0.4) is 0 Å². The van der Waals surface area contributed by atoms with Crippen molar-refractivity contribution in [3.05, 3.63) is 35.4 Å². The third-order valence-electron chi connectivity index (χ3n) is 3.88. The number of hydrogen-bond acceptors (Lipinski definition) is 2. The summed E-state index contributed by atoms with van der Waals surface area (Å²) in [5.41, 5.74) is 1.45. The lowest BCUT2D eigenvalue weighted by Gasteiger charge is -2.25. The number of nitrogens with zero attached hydrogens (tertiary/aromatic N) is 1. The average Bonchev–Trinajstić information content (AvgIpc) is 2.60. The van der Waals surface area contributed by atoms with E-state index in [0.717, 1.165) is 12.8 Å². The van der Waals surface area contributed by atoms with Gasteiger partial charge >= 0.3 is 5.97 Å². The molecule has 0 saturated heterocycles. The van der Waals surface area contributed by atoms with Crippen LogP contribution < -0.4 is 0 Å². The van der Waals surface area contributed by atoms with Gasteiger partial charge in [-0.1, -0.05) is 24.3 Å². The molecule has 0 unspecified atom stereocenters. The summed E-state index contributed by atoms with van der Waals surface area (Å²) in [5, 5.41) is 9.13. The lowest BCUT2D eigenvalue weighted by molar-refractivity contribution is -0.151. The molecule has 4 nitrogen and oxygen atoms in total. The molecule has 1 aromatic rings. The Kier molecular flexibility index (Phi) is 4.12. The fourth-order valence-electron chi connectivity index (χ4n) is 2.48. The van der Waals surface area contributed by atoms with Crippen molar-refractivity contribution in [1.29, 1.82) is 0 Å². The summed E-state index contributed by atoms with van der Waals surface area (Å²) in [6, 6.07) is 8.14. The second kappa shape index (κ2) is 5.65. The van der Waals surface area contributed by atoms with E-state index < -0.39 is 11.4 Å². The molecule has 20 heavy (non-hydrogen) atoms. The average molecular weight is 275 g/mol.